The van der Waals surface area contributed by atoms with Crippen molar-refractivity contribution in [1.82, 2.24) is 30.4 Å². The zero-order valence-corrected chi connectivity index (χ0v) is 18.2. The predicted molar refractivity (Wildman–Crippen MR) is 112 cm³/mol. The van der Waals surface area contributed by atoms with Crippen LogP contribution >= 0.6 is 0 Å². The molecule has 2 aliphatic rings. The molecule has 32 heavy (non-hydrogen) atoms. The largest absolute Gasteiger partial charge is 0.345 e. The molecule has 3 heterocycles. The van der Waals surface area contributed by atoms with Gasteiger partial charge in [0, 0.05) is 25.5 Å². The summed E-state index contributed by atoms with van der Waals surface area (Å²) in [4.78, 5) is 72.6. The Labute approximate surface area is 185 Å². The SMILES string of the molecule is CC(=O)[C@@H]1CCCN1C(=O)CNC(=O)[C@H](C)NC(=O)[C@@H]1CCCN1C(=O)c1cnccn1. The number of nitrogens with zero attached hydrogens (tertiary/aromatic N) is 4. The van der Waals surface area contributed by atoms with Crippen LogP contribution in [0.1, 0.15) is 50.0 Å². The molecule has 3 atom stereocenters. The number of hydrogen-bond donors (Lipinski definition) is 2. The van der Waals surface area contributed by atoms with E-state index < -0.39 is 29.9 Å². The third kappa shape index (κ3) is 5.27. The van der Waals surface area contributed by atoms with Gasteiger partial charge in [-0.15, -0.1) is 0 Å². The highest BCUT2D eigenvalue weighted by Gasteiger charge is 2.36. The number of carbonyl (C=O) groups is 5. The van der Waals surface area contributed by atoms with E-state index in [1.165, 1.54) is 42.2 Å². The number of likely N-dealkylation sites (tertiary alicyclic amines) is 2. The quantitative estimate of drug-likeness (QED) is 0.565. The van der Waals surface area contributed by atoms with Crippen LogP contribution in [0.4, 0.5) is 0 Å². The van der Waals surface area contributed by atoms with Gasteiger partial charge < -0.3 is 20.4 Å². The van der Waals surface area contributed by atoms with E-state index in [2.05, 4.69) is 20.6 Å². The van der Waals surface area contributed by atoms with Crippen LogP contribution in [0.5, 0.6) is 0 Å². The Balaban J connectivity index is 1.51. The summed E-state index contributed by atoms with van der Waals surface area (Å²) in [7, 11) is 0. The molecule has 2 N–H and O–H groups in total. The molecule has 2 fully saturated rings. The van der Waals surface area contributed by atoms with Crippen LogP contribution in [0.3, 0.4) is 0 Å². The number of amides is 4. The molecule has 0 radical (unpaired) electrons. The molecule has 0 bridgehead atoms. The van der Waals surface area contributed by atoms with Crippen molar-refractivity contribution in [2.75, 3.05) is 19.6 Å². The summed E-state index contributed by atoms with van der Waals surface area (Å²) in [5, 5.41) is 5.14. The van der Waals surface area contributed by atoms with Crippen molar-refractivity contribution in [2.24, 2.45) is 0 Å². The minimum Gasteiger partial charge on any atom is -0.345 e. The molecule has 172 valence electrons. The Bertz CT molecular complexity index is 892. The van der Waals surface area contributed by atoms with Gasteiger partial charge in [0.2, 0.25) is 17.7 Å². The fraction of sp³-hybridized carbons (Fsp3) is 0.571. The topological polar surface area (TPSA) is 142 Å². The number of carbonyl (C=O) groups excluding carboxylic acids is 5. The maximum Gasteiger partial charge on any atom is 0.274 e. The third-order valence-electron chi connectivity index (χ3n) is 5.81. The zero-order valence-electron chi connectivity index (χ0n) is 18.2. The highest BCUT2D eigenvalue weighted by molar-refractivity contribution is 5.98. The van der Waals surface area contributed by atoms with Gasteiger partial charge in [0.05, 0.1) is 18.8 Å². The average molecular weight is 444 g/mol. The van der Waals surface area contributed by atoms with Gasteiger partial charge in [-0.25, -0.2) is 4.98 Å². The standard InChI is InChI=1S/C21H28N6O5/c1-13(19(30)24-12-18(29)26-9-3-5-16(26)14(2)28)25-20(31)17-6-4-10-27(17)21(32)15-11-22-7-8-23-15/h7-8,11,13,16-17H,3-6,9-10,12H2,1-2H3,(H,24,30)(H,25,31)/t13-,16-,17-/m0/s1. The molecule has 0 unspecified atom stereocenters. The van der Waals surface area contributed by atoms with Gasteiger partial charge in [-0.1, -0.05) is 0 Å². The van der Waals surface area contributed by atoms with Crippen molar-refractivity contribution >= 4 is 29.4 Å². The lowest BCUT2D eigenvalue weighted by Crippen LogP contribution is -2.53. The Hall–Kier alpha value is -3.37. The van der Waals surface area contributed by atoms with Crippen LogP contribution in [0, 0.1) is 0 Å². The molecule has 2 saturated heterocycles. The van der Waals surface area contributed by atoms with Crippen molar-refractivity contribution in [1.29, 1.82) is 0 Å². The van der Waals surface area contributed by atoms with E-state index in [1.807, 2.05) is 0 Å². The molecular formula is C21H28N6O5. The number of Topliss-reactive ketones (excluding diaryl/α,β-unsaturated/α-hetero) is 1. The first-order valence-corrected chi connectivity index (χ1v) is 10.7. The van der Waals surface area contributed by atoms with E-state index in [4.69, 9.17) is 0 Å². The first kappa shape index (κ1) is 23.3. The summed E-state index contributed by atoms with van der Waals surface area (Å²) in [5.41, 5.74) is 0.155. The second-order valence-corrected chi connectivity index (χ2v) is 8.05. The lowest BCUT2D eigenvalue weighted by Gasteiger charge is -2.25. The maximum absolute atomic E-state index is 12.7. The lowest BCUT2D eigenvalue weighted by molar-refractivity contribution is -0.137. The van der Waals surface area contributed by atoms with Crippen LogP contribution in [0.15, 0.2) is 18.6 Å². The number of hydrogen-bond acceptors (Lipinski definition) is 7. The van der Waals surface area contributed by atoms with Crippen LogP contribution in [-0.2, 0) is 19.2 Å². The summed E-state index contributed by atoms with van der Waals surface area (Å²) < 4.78 is 0. The van der Waals surface area contributed by atoms with E-state index in [0.717, 1.165) is 6.42 Å². The van der Waals surface area contributed by atoms with Gasteiger partial charge in [0.25, 0.3) is 5.91 Å². The lowest BCUT2D eigenvalue weighted by atomic mass is 10.1. The summed E-state index contributed by atoms with van der Waals surface area (Å²) in [5.74, 6) is -1.74. The van der Waals surface area contributed by atoms with E-state index in [9.17, 15) is 24.0 Å². The van der Waals surface area contributed by atoms with Gasteiger partial charge in [-0.05, 0) is 39.5 Å². The molecule has 0 aromatic carbocycles. The maximum atomic E-state index is 12.7. The van der Waals surface area contributed by atoms with Crippen LogP contribution in [0.25, 0.3) is 0 Å². The first-order chi connectivity index (χ1) is 15.3. The average Bonchev–Trinajstić information content (AvgIpc) is 3.47. The van der Waals surface area contributed by atoms with E-state index >= 15 is 0 Å². The number of aromatic nitrogens is 2. The minimum absolute atomic E-state index is 0.0695. The molecule has 3 rings (SSSR count). The Kier molecular flexibility index (Phi) is 7.49. The fourth-order valence-electron chi connectivity index (χ4n) is 4.12. The summed E-state index contributed by atoms with van der Waals surface area (Å²) in [6.45, 7) is 3.62. The summed E-state index contributed by atoms with van der Waals surface area (Å²) >= 11 is 0. The Morgan fingerprint density at radius 3 is 2.41 bits per heavy atom. The summed E-state index contributed by atoms with van der Waals surface area (Å²) in [6.07, 6.45) is 6.74. The molecule has 0 saturated carbocycles. The monoisotopic (exact) mass is 444 g/mol. The molecule has 11 heteroatoms. The Morgan fingerprint density at radius 1 is 1.06 bits per heavy atom. The second-order valence-electron chi connectivity index (χ2n) is 8.05. The normalized spacial score (nSPS) is 21.2. The molecule has 11 nitrogen and oxygen atoms in total. The Morgan fingerprint density at radius 2 is 1.75 bits per heavy atom. The van der Waals surface area contributed by atoms with Crippen molar-refractivity contribution < 1.29 is 24.0 Å². The molecule has 2 aliphatic heterocycles. The van der Waals surface area contributed by atoms with Gasteiger partial charge in [-0.3, -0.25) is 29.0 Å². The molecule has 0 spiro atoms. The van der Waals surface area contributed by atoms with Crippen molar-refractivity contribution in [3.63, 3.8) is 0 Å². The van der Waals surface area contributed by atoms with Gasteiger partial charge >= 0.3 is 0 Å². The number of ketones is 1. The van der Waals surface area contributed by atoms with Crippen LogP contribution in [0.2, 0.25) is 0 Å². The van der Waals surface area contributed by atoms with E-state index in [0.29, 0.717) is 32.4 Å². The zero-order chi connectivity index (χ0) is 23.3. The second kappa shape index (κ2) is 10.3. The van der Waals surface area contributed by atoms with Crippen molar-refractivity contribution in [3.05, 3.63) is 24.3 Å². The number of nitrogens with one attached hydrogen (secondary N) is 2. The molecule has 1 aromatic rings. The summed E-state index contributed by atoms with van der Waals surface area (Å²) in [6, 6.07) is -2.04. The van der Waals surface area contributed by atoms with E-state index in [-0.39, 0.29) is 29.8 Å². The van der Waals surface area contributed by atoms with Crippen molar-refractivity contribution in [3.8, 4) is 0 Å². The smallest absolute Gasteiger partial charge is 0.274 e. The van der Waals surface area contributed by atoms with Crippen LogP contribution < -0.4 is 10.6 Å². The van der Waals surface area contributed by atoms with Crippen molar-refractivity contribution in [2.45, 2.75) is 57.7 Å². The number of rotatable bonds is 7. The van der Waals surface area contributed by atoms with Crippen LogP contribution in [-0.4, -0.2) is 86.9 Å². The first-order valence-electron chi connectivity index (χ1n) is 10.7. The fourth-order valence-corrected chi connectivity index (χ4v) is 4.12. The molecule has 4 amide bonds. The van der Waals surface area contributed by atoms with Gasteiger partial charge in [0.1, 0.15) is 17.8 Å². The van der Waals surface area contributed by atoms with E-state index in [1.54, 1.807) is 0 Å². The van der Waals surface area contributed by atoms with Gasteiger partial charge in [0.15, 0.2) is 5.78 Å². The molecular weight excluding hydrogens is 416 g/mol. The minimum atomic E-state index is -0.897. The highest BCUT2D eigenvalue weighted by atomic mass is 16.2. The third-order valence-corrected chi connectivity index (χ3v) is 5.81. The van der Waals surface area contributed by atoms with Gasteiger partial charge in [-0.2, -0.15) is 0 Å². The predicted octanol–water partition coefficient (Wildman–Crippen LogP) is -0.718. The molecule has 0 aliphatic carbocycles. The molecule has 1 aromatic heterocycles. The highest BCUT2D eigenvalue weighted by Crippen LogP contribution is 2.20.